The van der Waals surface area contributed by atoms with Crippen molar-refractivity contribution in [1.82, 2.24) is 5.32 Å². The molecule has 0 aliphatic heterocycles. The molecule has 1 heteroatoms. The van der Waals surface area contributed by atoms with E-state index in [1.54, 1.807) is 0 Å². The van der Waals surface area contributed by atoms with Gasteiger partial charge in [-0.25, -0.2) is 0 Å². The Balaban J connectivity index is 2.69. The third-order valence-corrected chi connectivity index (χ3v) is 3.93. The maximum absolute atomic E-state index is 3.67. The second-order valence-corrected chi connectivity index (χ2v) is 6.02. The standard InChI is InChI=1S/C18H31N/c1-6-8-14(3)12-18(19-7-2)13-17-11-15(4)9-10-16(17)5/h9-11,14,18-19H,6-8,12-13H2,1-5H3. The maximum atomic E-state index is 3.67. The first kappa shape index (κ1) is 16.2. The van der Waals surface area contributed by atoms with Crippen LogP contribution in [0.15, 0.2) is 18.2 Å². The van der Waals surface area contributed by atoms with Gasteiger partial charge in [-0.3, -0.25) is 0 Å². The van der Waals surface area contributed by atoms with Crippen LogP contribution in [0.4, 0.5) is 0 Å². The van der Waals surface area contributed by atoms with E-state index in [9.17, 15) is 0 Å². The van der Waals surface area contributed by atoms with Crippen molar-refractivity contribution in [2.24, 2.45) is 5.92 Å². The zero-order chi connectivity index (χ0) is 14.3. The normalized spacial score (nSPS) is 14.4. The fourth-order valence-corrected chi connectivity index (χ4v) is 2.91. The largest absolute Gasteiger partial charge is 0.314 e. The lowest BCUT2D eigenvalue weighted by molar-refractivity contribution is 0.385. The van der Waals surface area contributed by atoms with Crippen molar-refractivity contribution < 1.29 is 0 Å². The molecular formula is C18H31N. The zero-order valence-corrected chi connectivity index (χ0v) is 13.4. The highest BCUT2D eigenvalue weighted by Crippen LogP contribution is 2.18. The van der Waals surface area contributed by atoms with Crippen molar-refractivity contribution in [2.45, 2.75) is 66.3 Å². The Bertz CT molecular complexity index is 370. The van der Waals surface area contributed by atoms with E-state index in [0.29, 0.717) is 6.04 Å². The predicted octanol–water partition coefficient (Wildman–Crippen LogP) is 4.65. The van der Waals surface area contributed by atoms with Gasteiger partial charge >= 0.3 is 0 Å². The summed E-state index contributed by atoms with van der Waals surface area (Å²) in [4.78, 5) is 0. The minimum Gasteiger partial charge on any atom is -0.314 e. The molecule has 1 rings (SSSR count). The van der Waals surface area contributed by atoms with Gasteiger partial charge in [0.05, 0.1) is 0 Å². The summed E-state index contributed by atoms with van der Waals surface area (Å²) < 4.78 is 0. The Morgan fingerprint density at radius 1 is 1.16 bits per heavy atom. The molecule has 2 atom stereocenters. The minimum atomic E-state index is 0.618. The molecule has 0 aliphatic rings. The van der Waals surface area contributed by atoms with Gasteiger partial charge in [-0.2, -0.15) is 0 Å². The monoisotopic (exact) mass is 261 g/mol. The molecule has 2 unspecified atom stereocenters. The SMILES string of the molecule is CCCC(C)CC(Cc1cc(C)ccc1C)NCC. The van der Waals surface area contributed by atoms with E-state index in [-0.39, 0.29) is 0 Å². The summed E-state index contributed by atoms with van der Waals surface area (Å²) in [6, 6.07) is 7.43. The van der Waals surface area contributed by atoms with Crippen molar-refractivity contribution in [3.05, 3.63) is 34.9 Å². The third-order valence-electron chi connectivity index (χ3n) is 3.93. The molecule has 0 heterocycles. The molecule has 0 fully saturated rings. The Morgan fingerprint density at radius 3 is 2.53 bits per heavy atom. The van der Waals surface area contributed by atoms with E-state index in [2.05, 4.69) is 58.1 Å². The molecule has 0 amide bonds. The minimum absolute atomic E-state index is 0.618. The zero-order valence-electron chi connectivity index (χ0n) is 13.4. The summed E-state index contributed by atoms with van der Waals surface area (Å²) >= 11 is 0. The van der Waals surface area contributed by atoms with Gasteiger partial charge in [-0.1, -0.05) is 57.4 Å². The number of nitrogens with one attached hydrogen (secondary N) is 1. The van der Waals surface area contributed by atoms with Gasteiger partial charge in [0.15, 0.2) is 0 Å². The topological polar surface area (TPSA) is 12.0 Å². The number of hydrogen-bond acceptors (Lipinski definition) is 1. The molecule has 0 spiro atoms. The molecule has 1 nitrogen and oxygen atoms in total. The van der Waals surface area contributed by atoms with E-state index in [1.807, 2.05) is 0 Å². The van der Waals surface area contributed by atoms with Crippen LogP contribution in [0.1, 0.15) is 56.7 Å². The van der Waals surface area contributed by atoms with Crippen LogP contribution < -0.4 is 5.32 Å². The summed E-state index contributed by atoms with van der Waals surface area (Å²) in [5.74, 6) is 0.819. The molecule has 1 aromatic carbocycles. The van der Waals surface area contributed by atoms with Crippen LogP contribution in [0.3, 0.4) is 0 Å². The van der Waals surface area contributed by atoms with Crippen LogP contribution in [0.25, 0.3) is 0 Å². The van der Waals surface area contributed by atoms with Crippen molar-refractivity contribution in [3.63, 3.8) is 0 Å². The van der Waals surface area contributed by atoms with E-state index in [1.165, 1.54) is 36.0 Å². The van der Waals surface area contributed by atoms with Crippen LogP contribution >= 0.6 is 0 Å². The highest BCUT2D eigenvalue weighted by atomic mass is 14.9. The summed E-state index contributed by atoms with van der Waals surface area (Å²) in [6.45, 7) is 12.4. The van der Waals surface area contributed by atoms with Crippen molar-refractivity contribution in [2.75, 3.05) is 6.54 Å². The van der Waals surface area contributed by atoms with Gasteiger partial charge < -0.3 is 5.32 Å². The molecule has 19 heavy (non-hydrogen) atoms. The summed E-state index contributed by atoms with van der Waals surface area (Å²) in [5, 5.41) is 3.67. The second kappa shape index (κ2) is 8.37. The maximum Gasteiger partial charge on any atom is 0.0110 e. The average Bonchev–Trinajstić information content (AvgIpc) is 2.34. The Labute approximate surface area is 119 Å². The third kappa shape index (κ3) is 5.78. The summed E-state index contributed by atoms with van der Waals surface area (Å²) in [7, 11) is 0. The summed E-state index contributed by atoms with van der Waals surface area (Å²) in [6.07, 6.45) is 5.09. The van der Waals surface area contributed by atoms with Gasteiger partial charge in [0.25, 0.3) is 0 Å². The number of aryl methyl sites for hydroxylation is 2. The van der Waals surface area contributed by atoms with Crippen molar-refractivity contribution in [3.8, 4) is 0 Å². The fourth-order valence-electron chi connectivity index (χ4n) is 2.91. The van der Waals surface area contributed by atoms with Crippen LogP contribution in [0.2, 0.25) is 0 Å². The average molecular weight is 261 g/mol. The molecular weight excluding hydrogens is 230 g/mol. The van der Waals surface area contributed by atoms with Gasteiger partial charge in [-0.15, -0.1) is 0 Å². The van der Waals surface area contributed by atoms with Crippen LogP contribution in [0.5, 0.6) is 0 Å². The molecule has 1 N–H and O–H groups in total. The van der Waals surface area contributed by atoms with Gasteiger partial charge in [0.1, 0.15) is 0 Å². The molecule has 0 radical (unpaired) electrons. The smallest absolute Gasteiger partial charge is 0.0110 e. The van der Waals surface area contributed by atoms with Gasteiger partial charge in [0, 0.05) is 6.04 Å². The quantitative estimate of drug-likeness (QED) is 0.718. The highest BCUT2D eigenvalue weighted by Gasteiger charge is 2.13. The fraction of sp³-hybridized carbons (Fsp3) is 0.667. The van der Waals surface area contributed by atoms with Crippen LogP contribution in [-0.2, 0) is 6.42 Å². The molecule has 0 saturated heterocycles. The number of rotatable bonds is 8. The predicted molar refractivity (Wildman–Crippen MR) is 85.8 cm³/mol. The van der Waals surface area contributed by atoms with Crippen LogP contribution in [0, 0.1) is 19.8 Å². The lowest BCUT2D eigenvalue weighted by Crippen LogP contribution is -2.32. The molecule has 0 aromatic heterocycles. The first-order valence-electron chi connectivity index (χ1n) is 7.86. The Morgan fingerprint density at radius 2 is 1.89 bits per heavy atom. The first-order chi connectivity index (χ1) is 9.06. The molecule has 108 valence electrons. The van der Waals surface area contributed by atoms with E-state index < -0.39 is 0 Å². The van der Waals surface area contributed by atoms with Crippen molar-refractivity contribution >= 4 is 0 Å². The van der Waals surface area contributed by atoms with Gasteiger partial charge in [-0.05, 0) is 50.3 Å². The molecule has 0 saturated carbocycles. The Kier molecular flexibility index (Phi) is 7.15. The molecule has 1 aromatic rings. The first-order valence-corrected chi connectivity index (χ1v) is 7.86. The van der Waals surface area contributed by atoms with E-state index in [4.69, 9.17) is 0 Å². The van der Waals surface area contributed by atoms with Crippen molar-refractivity contribution in [1.29, 1.82) is 0 Å². The number of benzene rings is 1. The lowest BCUT2D eigenvalue weighted by atomic mass is 9.91. The lowest BCUT2D eigenvalue weighted by Gasteiger charge is -2.23. The molecule has 0 aliphatic carbocycles. The van der Waals surface area contributed by atoms with Crippen LogP contribution in [-0.4, -0.2) is 12.6 Å². The van der Waals surface area contributed by atoms with Gasteiger partial charge in [0.2, 0.25) is 0 Å². The molecule has 0 bridgehead atoms. The summed E-state index contributed by atoms with van der Waals surface area (Å²) in [5.41, 5.74) is 4.31. The highest BCUT2D eigenvalue weighted by molar-refractivity contribution is 5.31. The second-order valence-electron chi connectivity index (χ2n) is 6.02. The van der Waals surface area contributed by atoms with E-state index in [0.717, 1.165) is 18.9 Å². The Hall–Kier alpha value is -0.820. The van der Waals surface area contributed by atoms with E-state index >= 15 is 0 Å². The number of likely N-dealkylation sites (N-methyl/N-ethyl adjacent to an activating group) is 1. The number of hydrogen-bond donors (Lipinski definition) is 1.